The van der Waals surface area contributed by atoms with E-state index >= 15 is 0 Å². The number of aromatic nitrogens is 1. The van der Waals surface area contributed by atoms with Crippen LogP contribution in [0.4, 0.5) is 0 Å². The molecule has 0 unspecified atom stereocenters. The average Bonchev–Trinajstić information content (AvgIpc) is 2.97. The molecule has 5 heteroatoms. The SMILES string of the molecule is COc1ccc2c(c(C(=O)CCl)cn2C)c1OCc1ccccc1. The van der Waals surface area contributed by atoms with Crippen molar-refractivity contribution >= 4 is 28.3 Å². The molecule has 0 radical (unpaired) electrons. The van der Waals surface area contributed by atoms with Gasteiger partial charge in [0.25, 0.3) is 0 Å². The fourth-order valence-corrected chi connectivity index (χ4v) is 2.90. The highest BCUT2D eigenvalue weighted by atomic mass is 35.5. The molecule has 3 aromatic rings. The topological polar surface area (TPSA) is 40.5 Å². The minimum Gasteiger partial charge on any atom is -0.493 e. The molecule has 124 valence electrons. The number of hydrogen-bond acceptors (Lipinski definition) is 3. The first-order valence-electron chi connectivity index (χ1n) is 7.57. The van der Waals surface area contributed by atoms with Crippen LogP contribution in [0.1, 0.15) is 15.9 Å². The molecule has 24 heavy (non-hydrogen) atoms. The molecule has 0 amide bonds. The van der Waals surface area contributed by atoms with Gasteiger partial charge < -0.3 is 14.0 Å². The van der Waals surface area contributed by atoms with Crippen molar-refractivity contribution in [3.63, 3.8) is 0 Å². The Morgan fingerprint density at radius 2 is 1.92 bits per heavy atom. The number of hydrogen-bond donors (Lipinski definition) is 0. The Labute approximate surface area is 145 Å². The van der Waals surface area contributed by atoms with Crippen molar-refractivity contribution < 1.29 is 14.3 Å². The number of nitrogens with zero attached hydrogens (tertiary/aromatic N) is 1. The first-order chi connectivity index (χ1) is 11.7. The number of methoxy groups -OCH3 is 1. The molecule has 0 spiro atoms. The highest BCUT2D eigenvalue weighted by molar-refractivity contribution is 6.32. The van der Waals surface area contributed by atoms with Crippen molar-refractivity contribution in [1.29, 1.82) is 0 Å². The van der Waals surface area contributed by atoms with Gasteiger partial charge in [-0.1, -0.05) is 30.3 Å². The number of halogens is 1. The summed E-state index contributed by atoms with van der Waals surface area (Å²) in [5.41, 5.74) is 2.48. The normalized spacial score (nSPS) is 10.8. The number of carbonyl (C=O) groups is 1. The van der Waals surface area contributed by atoms with Gasteiger partial charge in [0.05, 0.1) is 23.9 Å². The second kappa shape index (κ2) is 6.97. The van der Waals surface area contributed by atoms with Gasteiger partial charge in [0.2, 0.25) is 0 Å². The maximum Gasteiger partial charge on any atom is 0.179 e. The van der Waals surface area contributed by atoms with Crippen molar-refractivity contribution in [2.75, 3.05) is 13.0 Å². The van der Waals surface area contributed by atoms with E-state index in [1.54, 1.807) is 13.3 Å². The van der Waals surface area contributed by atoms with E-state index in [1.165, 1.54) is 0 Å². The number of benzene rings is 2. The standard InChI is InChI=1S/C19H18ClNO3/c1-21-11-14(16(22)10-20)18-15(21)8-9-17(23-2)19(18)24-12-13-6-4-3-5-7-13/h3-9,11H,10,12H2,1-2H3. The van der Waals surface area contributed by atoms with Crippen LogP contribution >= 0.6 is 11.6 Å². The molecule has 0 aliphatic heterocycles. The molecule has 2 aromatic carbocycles. The zero-order valence-corrected chi connectivity index (χ0v) is 14.3. The van der Waals surface area contributed by atoms with Crippen LogP contribution in [0.3, 0.4) is 0 Å². The van der Waals surface area contributed by atoms with Gasteiger partial charge >= 0.3 is 0 Å². The Hall–Kier alpha value is -2.46. The molecule has 0 fully saturated rings. The van der Waals surface area contributed by atoms with Crippen LogP contribution in [0.25, 0.3) is 10.9 Å². The maximum atomic E-state index is 12.2. The fourth-order valence-electron chi connectivity index (χ4n) is 2.75. The molecule has 0 aliphatic rings. The Morgan fingerprint density at radius 3 is 2.58 bits per heavy atom. The van der Waals surface area contributed by atoms with Crippen molar-refractivity contribution in [2.24, 2.45) is 7.05 Å². The molecule has 0 aliphatic carbocycles. The summed E-state index contributed by atoms with van der Waals surface area (Å²) in [5, 5.41) is 0.735. The Bertz CT molecular complexity index is 871. The highest BCUT2D eigenvalue weighted by Gasteiger charge is 2.20. The number of aryl methyl sites for hydroxylation is 1. The lowest BCUT2D eigenvalue weighted by atomic mass is 10.1. The van der Waals surface area contributed by atoms with Gasteiger partial charge in [0.15, 0.2) is 17.3 Å². The largest absolute Gasteiger partial charge is 0.493 e. The summed E-state index contributed by atoms with van der Waals surface area (Å²) in [5.74, 6) is 0.940. The summed E-state index contributed by atoms with van der Waals surface area (Å²) in [7, 11) is 3.48. The zero-order valence-electron chi connectivity index (χ0n) is 13.6. The highest BCUT2D eigenvalue weighted by Crippen LogP contribution is 2.39. The lowest BCUT2D eigenvalue weighted by Crippen LogP contribution is -2.02. The maximum absolute atomic E-state index is 12.2. The molecule has 0 saturated heterocycles. The predicted octanol–water partition coefficient (Wildman–Crippen LogP) is 4.19. The number of carbonyl (C=O) groups excluding carboxylic acids is 1. The van der Waals surface area contributed by atoms with Crippen LogP contribution in [0.5, 0.6) is 11.5 Å². The molecule has 0 N–H and O–H groups in total. The van der Waals surface area contributed by atoms with Crippen LogP contribution in [0, 0.1) is 0 Å². The molecule has 3 rings (SSSR count). The van der Waals surface area contributed by atoms with Crippen molar-refractivity contribution in [3.8, 4) is 11.5 Å². The van der Waals surface area contributed by atoms with Crippen LogP contribution in [-0.4, -0.2) is 23.3 Å². The number of Topliss-reactive ketones (excluding diaryl/α,β-unsaturated/α-hetero) is 1. The number of rotatable bonds is 6. The predicted molar refractivity (Wildman–Crippen MR) is 95.3 cm³/mol. The van der Waals surface area contributed by atoms with Gasteiger partial charge in [-0.15, -0.1) is 11.6 Å². The third-order valence-electron chi connectivity index (χ3n) is 3.94. The Kier molecular flexibility index (Phi) is 4.76. The second-order valence-corrected chi connectivity index (χ2v) is 5.74. The van der Waals surface area contributed by atoms with Crippen molar-refractivity contribution in [3.05, 3.63) is 59.8 Å². The zero-order chi connectivity index (χ0) is 17.1. The van der Waals surface area contributed by atoms with Crippen molar-refractivity contribution in [2.45, 2.75) is 6.61 Å². The molecular weight excluding hydrogens is 326 g/mol. The van der Waals surface area contributed by atoms with Crippen LogP contribution in [0.15, 0.2) is 48.7 Å². The van der Waals surface area contributed by atoms with Crippen molar-refractivity contribution in [1.82, 2.24) is 4.57 Å². The van der Waals surface area contributed by atoms with E-state index in [-0.39, 0.29) is 11.7 Å². The lowest BCUT2D eigenvalue weighted by molar-refractivity contribution is 0.102. The minimum absolute atomic E-state index is 0.0750. The van der Waals surface area contributed by atoms with E-state index in [2.05, 4.69) is 0 Å². The smallest absolute Gasteiger partial charge is 0.179 e. The number of alkyl halides is 1. The molecule has 4 nitrogen and oxygen atoms in total. The van der Waals surface area contributed by atoms with Gasteiger partial charge in [-0.2, -0.15) is 0 Å². The summed E-state index contributed by atoms with van der Waals surface area (Å²) in [4.78, 5) is 12.2. The Morgan fingerprint density at radius 1 is 1.17 bits per heavy atom. The quantitative estimate of drug-likeness (QED) is 0.498. The average molecular weight is 344 g/mol. The van der Waals surface area contributed by atoms with Gasteiger partial charge in [0, 0.05) is 18.8 Å². The summed E-state index contributed by atoms with van der Waals surface area (Å²) in [6, 6.07) is 13.6. The minimum atomic E-state index is -0.139. The lowest BCUT2D eigenvalue weighted by Gasteiger charge is -2.13. The summed E-state index contributed by atoms with van der Waals surface area (Å²) >= 11 is 5.76. The van der Waals surface area contributed by atoms with E-state index in [9.17, 15) is 4.79 Å². The molecule has 0 atom stereocenters. The molecule has 1 heterocycles. The first kappa shape index (κ1) is 16.4. The fraction of sp³-hybridized carbons (Fsp3) is 0.211. The number of ketones is 1. The van der Waals surface area contributed by atoms with Gasteiger partial charge in [0.1, 0.15) is 6.61 Å². The Balaban J connectivity index is 2.11. The van der Waals surface area contributed by atoms with Crippen LogP contribution in [-0.2, 0) is 13.7 Å². The monoisotopic (exact) mass is 343 g/mol. The summed E-state index contributed by atoms with van der Waals surface area (Å²) < 4.78 is 13.4. The molecule has 1 aromatic heterocycles. The molecule has 0 saturated carbocycles. The van der Waals surface area contributed by atoms with E-state index < -0.39 is 0 Å². The van der Waals surface area contributed by atoms with E-state index in [0.29, 0.717) is 23.7 Å². The third kappa shape index (κ3) is 2.97. The molecular formula is C19H18ClNO3. The van der Waals surface area contributed by atoms with Crippen LogP contribution in [0.2, 0.25) is 0 Å². The van der Waals surface area contributed by atoms with E-state index in [1.807, 2.05) is 54.1 Å². The number of fused-ring (bicyclic) bond motifs is 1. The van der Waals surface area contributed by atoms with Gasteiger partial charge in [-0.3, -0.25) is 4.79 Å². The van der Waals surface area contributed by atoms with E-state index in [0.717, 1.165) is 16.5 Å². The summed E-state index contributed by atoms with van der Waals surface area (Å²) in [6.45, 7) is 0.389. The van der Waals surface area contributed by atoms with Gasteiger partial charge in [-0.05, 0) is 17.7 Å². The van der Waals surface area contributed by atoms with E-state index in [4.69, 9.17) is 21.1 Å². The summed E-state index contributed by atoms with van der Waals surface area (Å²) in [6.07, 6.45) is 1.78. The number of ether oxygens (including phenoxy) is 2. The van der Waals surface area contributed by atoms with Gasteiger partial charge in [-0.25, -0.2) is 0 Å². The van der Waals surface area contributed by atoms with Crippen LogP contribution < -0.4 is 9.47 Å². The third-order valence-corrected chi connectivity index (χ3v) is 4.18. The molecule has 0 bridgehead atoms. The second-order valence-electron chi connectivity index (χ2n) is 5.48. The first-order valence-corrected chi connectivity index (χ1v) is 8.11.